The Morgan fingerprint density at radius 1 is 1.29 bits per heavy atom. The van der Waals surface area contributed by atoms with Crippen LogP contribution in [0.4, 0.5) is 0 Å². The van der Waals surface area contributed by atoms with E-state index < -0.39 is 17.2 Å². The van der Waals surface area contributed by atoms with Gasteiger partial charge >= 0.3 is 5.97 Å². The van der Waals surface area contributed by atoms with Crippen LogP contribution in [0.2, 0.25) is 5.02 Å². The van der Waals surface area contributed by atoms with Crippen molar-refractivity contribution in [3.8, 4) is 0 Å². The van der Waals surface area contributed by atoms with Gasteiger partial charge in [0.1, 0.15) is 23.8 Å². The third kappa shape index (κ3) is 3.89. The quantitative estimate of drug-likeness (QED) is 0.456. The maximum absolute atomic E-state index is 13.0. The maximum atomic E-state index is 13.0. The number of esters is 1. The second kappa shape index (κ2) is 7.40. The number of halogens is 1. The Bertz CT molecular complexity index is 750. The van der Waals surface area contributed by atoms with E-state index in [0.29, 0.717) is 5.02 Å². The summed E-state index contributed by atoms with van der Waals surface area (Å²) in [4.78, 5) is 29.0. The zero-order valence-corrected chi connectivity index (χ0v) is 14.4. The fraction of sp³-hybridized carbons (Fsp3) is 0.294. The first-order valence-electron chi connectivity index (χ1n) is 7.40. The van der Waals surface area contributed by atoms with Gasteiger partial charge in [-0.1, -0.05) is 23.7 Å². The van der Waals surface area contributed by atoms with E-state index in [9.17, 15) is 9.59 Å². The Morgan fingerprint density at radius 2 is 1.96 bits per heavy atom. The van der Waals surface area contributed by atoms with Crippen molar-refractivity contribution in [2.75, 3.05) is 6.61 Å². The molecule has 0 aliphatic rings. The average Bonchev–Trinajstić information content (AvgIpc) is 3.08. The zero-order valence-electron chi connectivity index (χ0n) is 13.7. The first kappa shape index (κ1) is 17.9. The molecule has 0 radical (unpaired) electrons. The van der Waals surface area contributed by atoms with Gasteiger partial charge in [-0.05, 0) is 44.5 Å². The van der Waals surface area contributed by atoms with Crippen LogP contribution in [-0.4, -0.2) is 33.1 Å². The zero-order chi connectivity index (χ0) is 17.7. The molecule has 0 saturated heterocycles. The third-order valence-corrected chi connectivity index (χ3v) is 3.68. The molecule has 1 aromatic heterocycles. The number of ether oxygens (including phenoxy) is 1. The molecule has 2 rings (SSSR count). The number of carbonyl (C=O) groups is 2. The summed E-state index contributed by atoms with van der Waals surface area (Å²) < 4.78 is 6.34. The molecule has 0 bridgehead atoms. The number of hydrogen-bond acceptors (Lipinski definition) is 5. The number of nitrogens with zero attached hydrogens (tertiary/aromatic N) is 3. The third-order valence-electron chi connectivity index (χ3n) is 3.42. The van der Waals surface area contributed by atoms with Gasteiger partial charge in [-0.15, -0.1) is 0 Å². The Balaban J connectivity index is 2.46. The maximum Gasteiger partial charge on any atom is 0.319 e. The number of allylic oxidation sites excluding steroid dienone is 1. The lowest BCUT2D eigenvalue weighted by Gasteiger charge is -2.22. The molecule has 0 spiro atoms. The van der Waals surface area contributed by atoms with Gasteiger partial charge in [0.05, 0.1) is 6.61 Å². The van der Waals surface area contributed by atoms with Gasteiger partial charge in [0, 0.05) is 5.02 Å². The van der Waals surface area contributed by atoms with Crippen LogP contribution >= 0.6 is 11.6 Å². The molecule has 0 unspecified atom stereocenters. The number of aromatic nitrogens is 3. The largest absolute Gasteiger partial charge is 0.465 e. The fourth-order valence-electron chi connectivity index (χ4n) is 2.01. The van der Waals surface area contributed by atoms with Crippen molar-refractivity contribution in [2.24, 2.45) is 5.41 Å². The number of carbonyl (C=O) groups excluding carboxylic acids is 2. The summed E-state index contributed by atoms with van der Waals surface area (Å²) in [6, 6.07) is 6.97. The SMILES string of the molecule is CCOC(=O)C(C)(C)C(=O)C(=Cc1ccc(Cl)cc1)n1cncn1. The highest BCUT2D eigenvalue weighted by molar-refractivity contribution is 6.30. The lowest BCUT2D eigenvalue weighted by Crippen LogP contribution is -2.36. The minimum absolute atomic E-state index is 0.203. The van der Waals surface area contributed by atoms with Crippen LogP contribution < -0.4 is 0 Å². The Morgan fingerprint density at radius 3 is 2.50 bits per heavy atom. The van der Waals surface area contributed by atoms with Crippen LogP contribution in [0, 0.1) is 5.41 Å². The monoisotopic (exact) mass is 347 g/mol. The summed E-state index contributed by atoms with van der Waals surface area (Å²) in [6.07, 6.45) is 4.36. The lowest BCUT2D eigenvalue weighted by atomic mass is 9.86. The van der Waals surface area contributed by atoms with Crippen LogP contribution in [0.5, 0.6) is 0 Å². The molecule has 0 aliphatic carbocycles. The summed E-state index contributed by atoms with van der Waals surface area (Å²) in [7, 11) is 0. The van der Waals surface area contributed by atoms with Crippen molar-refractivity contribution < 1.29 is 14.3 Å². The van der Waals surface area contributed by atoms with E-state index in [2.05, 4.69) is 10.1 Å². The molecular weight excluding hydrogens is 330 g/mol. The van der Waals surface area contributed by atoms with E-state index in [1.807, 2.05) is 0 Å². The summed E-state index contributed by atoms with van der Waals surface area (Å²) in [5, 5.41) is 4.60. The highest BCUT2D eigenvalue weighted by Gasteiger charge is 2.40. The number of hydrogen-bond donors (Lipinski definition) is 0. The van der Waals surface area contributed by atoms with Crippen LogP contribution in [0.3, 0.4) is 0 Å². The molecule has 126 valence electrons. The molecule has 0 amide bonds. The minimum atomic E-state index is -1.35. The topological polar surface area (TPSA) is 74.1 Å². The average molecular weight is 348 g/mol. The Hall–Kier alpha value is -2.47. The van der Waals surface area contributed by atoms with Gasteiger partial charge in [-0.25, -0.2) is 9.67 Å². The van der Waals surface area contributed by atoms with Crippen molar-refractivity contribution in [1.29, 1.82) is 0 Å². The van der Waals surface area contributed by atoms with Crippen LogP contribution in [0.15, 0.2) is 36.9 Å². The molecule has 6 nitrogen and oxygen atoms in total. The summed E-state index contributed by atoms with van der Waals surface area (Å²) in [5.74, 6) is -1.00. The second-order valence-electron chi connectivity index (χ2n) is 5.60. The Labute approximate surface area is 145 Å². The van der Waals surface area contributed by atoms with Crippen molar-refractivity contribution in [1.82, 2.24) is 14.8 Å². The van der Waals surface area contributed by atoms with Gasteiger partial charge in [-0.2, -0.15) is 5.10 Å². The molecule has 0 N–H and O–H groups in total. The van der Waals surface area contributed by atoms with E-state index >= 15 is 0 Å². The van der Waals surface area contributed by atoms with Crippen molar-refractivity contribution in [3.05, 3.63) is 47.5 Å². The normalized spacial score (nSPS) is 12.1. The van der Waals surface area contributed by atoms with Gasteiger partial charge in [0.25, 0.3) is 0 Å². The highest BCUT2D eigenvalue weighted by Crippen LogP contribution is 2.27. The lowest BCUT2D eigenvalue weighted by molar-refractivity contribution is -0.156. The summed E-state index contributed by atoms with van der Waals surface area (Å²) in [5.41, 5.74) is -0.383. The smallest absolute Gasteiger partial charge is 0.319 e. The molecule has 0 saturated carbocycles. The minimum Gasteiger partial charge on any atom is -0.465 e. The molecule has 0 aliphatic heterocycles. The molecule has 1 heterocycles. The first-order chi connectivity index (χ1) is 11.4. The number of rotatable bonds is 6. The number of ketones is 1. The van der Waals surface area contributed by atoms with E-state index in [-0.39, 0.29) is 12.3 Å². The van der Waals surface area contributed by atoms with Crippen molar-refractivity contribution in [2.45, 2.75) is 20.8 Å². The molecular formula is C17H18ClN3O3. The van der Waals surface area contributed by atoms with E-state index in [4.69, 9.17) is 16.3 Å². The standard InChI is InChI=1S/C17H18ClN3O3/c1-4-24-16(23)17(2,3)15(22)14(21-11-19-10-20-21)9-12-5-7-13(18)8-6-12/h5-11H,4H2,1-3H3. The summed E-state index contributed by atoms with van der Waals surface area (Å²) in [6.45, 7) is 4.95. The molecule has 2 aromatic rings. The fourth-order valence-corrected chi connectivity index (χ4v) is 2.14. The van der Waals surface area contributed by atoms with Crippen LogP contribution in [-0.2, 0) is 14.3 Å². The molecule has 24 heavy (non-hydrogen) atoms. The predicted octanol–water partition coefficient (Wildman–Crippen LogP) is 3.09. The van der Waals surface area contributed by atoms with Gasteiger partial charge in [0.15, 0.2) is 5.78 Å². The summed E-state index contributed by atoms with van der Waals surface area (Å²) >= 11 is 5.88. The molecule has 0 atom stereocenters. The predicted molar refractivity (Wildman–Crippen MR) is 91.1 cm³/mol. The van der Waals surface area contributed by atoms with Crippen molar-refractivity contribution in [3.63, 3.8) is 0 Å². The molecule has 7 heteroatoms. The number of benzene rings is 1. The van der Waals surface area contributed by atoms with E-state index in [1.165, 1.54) is 31.2 Å². The van der Waals surface area contributed by atoms with E-state index in [0.717, 1.165) is 5.56 Å². The molecule has 1 aromatic carbocycles. The second-order valence-corrected chi connectivity index (χ2v) is 6.03. The number of Topliss-reactive ketones (excluding diaryl/α,β-unsaturated/α-hetero) is 1. The van der Waals surface area contributed by atoms with Gasteiger partial charge in [-0.3, -0.25) is 9.59 Å². The molecule has 0 fully saturated rings. The van der Waals surface area contributed by atoms with E-state index in [1.54, 1.807) is 37.3 Å². The first-order valence-corrected chi connectivity index (χ1v) is 7.78. The van der Waals surface area contributed by atoms with Crippen LogP contribution in [0.25, 0.3) is 11.8 Å². The van der Waals surface area contributed by atoms with Gasteiger partial charge in [0.2, 0.25) is 0 Å². The van der Waals surface area contributed by atoms with Crippen molar-refractivity contribution >= 4 is 35.1 Å². The highest BCUT2D eigenvalue weighted by atomic mass is 35.5. The Kier molecular flexibility index (Phi) is 5.51. The van der Waals surface area contributed by atoms with Crippen LogP contribution in [0.1, 0.15) is 26.3 Å². The van der Waals surface area contributed by atoms with Gasteiger partial charge < -0.3 is 4.74 Å².